The smallest absolute Gasteiger partial charge is 0.138 e. The minimum absolute atomic E-state index is 0.317. The SMILES string of the molecule is Fc1ccc(OCCN(Cc2nccs2)C2CC23CCNCC3)c(Cl)c1. The Morgan fingerprint density at radius 3 is 2.96 bits per heavy atom. The molecule has 1 unspecified atom stereocenters. The Kier molecular flexibility index (Phi) is 5.45. The maximum Gasteiger partial charge on any atom is 0.138 e. The summed E-state index contributed by atoms with van der Waals surface area (Å²) in [5, 5.41) is 6.94. The van der Waals surface area contributed by atoms with E-state index in [0.717, 1.165) is 31.2 Å². The van der Waals surface area contributed by atoms with Crippen molar-refractivity contribution in [2.75, 3.05) is 26.2 Å². The van der Waals surface area contributed by atoms with Crippen LogP contribution in [0.1, 0.15) is 24.3 Å². The van der Waals surface area contributed by atoms with E-state index in [1.807, 2.05) is 11.6 Å². The van der Waals surface area contributed by atoms with Crippen molar-refractivity contribution in [2.45, 2.75) is 31.8 Å². The molecule has 1 spiro atoms. The molecule has 2 aliphatic rings. The number of hydrogen-bond acceptors (Lipinski definition) is 5. The molecule has 26 heavy (non-hydrogen) atoms. The summed E-state index contributed by atoms with van der Waals surface area (Å²) in [4.78, 5) is 6.95. The molecule has 2 heterocycles. The quantitative estimate of drug-likeness (QED) is 0.770. The van der Waals surface area contributed by atoms with Crippen LogP contribution in [0.5, 0.6) is 5.75 Å². The first kappa shape index (κ1) is 18.2. The van der Waals surface area contributed by atoms with Crippen molar-refractivity contribution in [3.63, 3.8) is 0 Å². The summed E-state index contributed by atoms with van der Waals surface area (Å²) in [6.07, 6.45) is 5.62. The van der Waals surface area contributed by atoms with Crippen LogP contribution >= 0.6 is 22.9 Å². The van der Waals surface area contributed by atoms with Crippen LogP contribution in [0.15, 0.2) is 29.8 Å². The number of nitrogens with one attached hydrogen (secondary N) is 1. The van der Waals surface area contributed by atoms with Crippen LogP contribution < -0.4 is 10.1 Å². The van der Waals surface area contributed by atoms with Gasteiger partial charge in [-0.1, -0.05) is 11.6 Å². The third-order valence-electron chi connectivity index (χ3n) is 5.54. The molecule has 4 nitrogen and oxygen atoms in total. The molecule has 0 amide bonds. The first-order valence-electron chi connectivity index (χ1n) is 9.07. The summed E-state index contributed by atoms with van der Waals surface area (Å²) in [6.45, 7) is 4.43. The summed E-state index contributed by atoms with van der Waals surface area (Å²) < 4.78 is 19.0. The van der Waals surface area contributed by atoms with Crippen LogP contribution in [0.4, 0.5) is 4.39 Å². The van der Waals surface area contributed by atoms with E-state index >= 15 is 0 Å². The van der Waals surface area contributed by atoms with E-state index in [0.29, 0.717) is 28.8 Å². The number of halogens is 2. The van der Waals surface area contributed by atoms with Crippen LogP contribution in [0.3, 0.4) is 0 Å². The van der Waals surface area contributed by atoms with Crippen molar-refractivity contribution in [3.8, 4) is 5.75 Å². The van der Waals surface area contributed by atoms with Gasteiger partial charge in [0.15, 0.2) is 0 Å². The van der Waals surface area contributed by atoms with Crippen molar-refractivity contribution in [3.05, 3.63) is 45.6 Å². The van der Waals surface area contributed by atoms with Gasteiger partial charge in [-0.25, -0.2) is 9.37 Å². The molecular weight excluding hydrogens is 373 g/mol. The number of piperidine rings is 1. The van der Waals surface area contributed by atoms with Gasteiger partial charge >= 0.3 is 0 Å². The average Bonchev–Trinajstić information content (AvgIpc) is 3.06. The van der Waals surface area contributed by atoms with Crippen LogP contribution in [0.2, 0.25) is 5.02 Å². The van der Waals surface area contributed by atoms with Gasteiger partial charge in [0.1, 0.15) is 23.2 Å². The molecule has 1 saturated carbocycles. The largest absolute Gasteiger partial charge is 0.491 e. The van der Waals surface area contributed by atoms with Crippen molar-refractivity contribution in [2.24, 2.45) is 5.41 Å². The molecule has 0 radical (unpaired) electrons. The zero-order valence-corrected chi connectivity index (χ0v) is 16.2. The highest BCUT2D eigenvalue weighted by atomic mass is 35.5. The standard InChI is InChI=1S/C19H23ClFN3OS/c20-15-11-14(21)1-2-16(15)25-9-8-24(13-18-23-7-10-26-18)17-12-19(17)3-5-22-6-4-19/h1-2,7,10-11,17,22H,3-6,8-9,12-13H2. The number of hydrogen-bond donors (Lipinski definition) is 1. The third-order valence-corrected chi connectivity index (χ3v) is 6.60. The summed E-state index contributed by atoms with van der Waals surface area (Å²) in [5.41, 5.74) is 0.468. The average molecular weight is 396 g/mol. The van der Waals surface area contributed by atoms with E-state index in [2.05, 4.69) is 15.2 Å². The lowest BCUT2D eigenvalue weighted by atomic mass is 9.93. The van der Waals surface area contributed by atoms with Crippen LogP contribution in [0, 0.1) is 11.2 Å². The van der Waals surface area contributed by atoms with Gasteiger partial charge in [0.25, 0.3) is 0 Å². The lowest BCUT2D eigenvalue weighted by Crippen LogP contribution is -2.37. The zero-order chi connectivity index (χ0) is 18.0. The summed E-state index contributed by atoms with van der Waals surface area (Å²) in [6, 6.07) is 4.85. The van der Waals surface area contributed by atoms with Gasteiger partial charge in [-0.15, -0.1) is 11.3 Å². The maximum atomic E-state index is 13.2. The Morgan fingerprint density at radius 2 is 2.23 bits per heavy atom. The highest BCUT2D eigenvalue weighted by Gasteiger charge is 2.56. The number of ether oxygens (including phenoxy) is 1. The number of rotatable bonds is 7. The fourth-order valence-corrected chi connectivity index (χ4v) is 4.88. The van der Waals surface area contributed by atoms with E-state index in [-0.39, 0.29) is 5.82 Å². The van der Waals surface area contributed by atoms with Crippen LogP contribution in [-0.2, 0) is 6.54 Å². The molecule has 1 N–H and O–H groups in total. The Morgan fingerprint density at radius 1 is 1.38 bits per heavy atom. The molecule has 1 aliphatic carbocycles. The van der Waals surface area contributed by atoms with Gasteiger partial charge in [-0.2, -0.15) is 0 Å². The first-order chi connectivity index (χ1) is 12.7. The first-order valence-corrected chi connectivity index (χ1v) is 10.3. The number of thiazole rings is 1. The summed E-state index contributed by atoms with van der Waals surface area (Å²) in [7, 11) is 0. The van der Waals surface area contributed by atoms with E-state index in [1.165, 1.54) is 31.4 Å². The van der Waals surface area contributed by atoms with E-state index in [9.17, 15) is 4.39 Å². The number of benzene rings is 1. The van der Waals surface area contributed by atoms with Crippen molar-refractivity contribution in [1.29, 1.82) is 0 Å². The minimum Gasteiger partial charge on any atom is -0.491 e. The van der Waals surface area contributed by atoms with Gasteiger partial charge in [0.2, 0.25) is 0 Å². The van der Waals surface area contributed by atoms with Gasteiger partial charge in [-0.05, 0) is 56.0 Å². The summed E-state index contributed by atoms with van der Waals surface area (Å²) >= 11 is 7.75. The molecule has 1 aromatic heterocycles. The van der Waals surface area contributed by atoms with E-state index in [1.54, 1.807) is 17.4 Å². The summed E-state index contributed by atoms with van der Waals surface area (Å²) in [5.74, 6) is 0.188. The van der Waals surface area contributed by atoms with Crippen molar-refractivity contribution < 1.29 is 9.13 Å². The van der Waals surface area contributed by atoms with Crippen LogP contribution in [-0.4, -0.2) is 42.2 Å². The van der Waals surface area contributed by atoms with Gasteiger partial charge in [-0.3, -0.25) is 4.90 Å². The normalized spacial score (nSPS) is 21.3. The van der Waals surface area contributed by atoms with Crippen molar-refractivity contribution in [1.82, 2.24) is 15.2 Å². The fraction of sp³-hybridized carbons (Fsp3) is 0.526. The molecule has 0 bridgehead atoms. The molecule has 1 aliphatic heterocycles. The predicted octanol–water partition coefficient (Wildman–Crippen LogP) is 3.96. The van der Waals surface area contributed by atoms with E-state index < -0.39 is 0 Å². The van der Waals surface area contributed by atoms with E-state index in [4.69, 9.17) is 16.3 Å². The highest BCUT2D eigenvalue weighted by Crippen LogP contribution is 2.56. The molecule has 4 rings (SSSR count). The Labute approximate surface area is 162 Å². The fourth-order valence-electron chi connectivity index (χ4n) is 4.02. The monoisotopic (exact) mass is 395 g/mol. The molecule has 2 fully saturated rings. The molecule has 140 valence electrons. The molecule has 7 heteroatoms. The molecular formula is C19H23ClFN3OS. The highest BCUT2D eigenvalue weighted by molar-refractivity contribution is 7.09. The molecule has 1 aromatic carbocycles. The zero-order valence-electron chi connectivity index (χ0n) is 14.6. The molecule has 2 aromatic rings. The number of nitrogens with zero attached hydrogens (tertiary/aromatic N) is 2. The lowest BCUT2D eigenvalue weighted by molar-refractivity contribution is 0.162. The number of aromatic nitrogens is 1. The molecule has 1 saturated heterocycles. The second-order valence-electron chi connectivity index (χ2n) is 7.15. The Balaban J connectivity index is 1.38. The third kappa shape index (κ3) is 4.03. The van der Waals surface area contributed by atoms with Crippen LogP contribution in [0.25, 0.3) is 0 Å². The van der Waals surface area contributed by atoms with Gasteiger partial charge < -0.3 is 10.1 Å². The topological polar surface area (TPSA) is 37.4 Å². The maximum absolute atomic E-state index is 13.2. The van der Waals surface area contributed by atoms with Gasteiger partial charge in [0, 0.05) is 24.2 Å². The second kappa shape index (κ2) is 7.80. The Bertz CT molecular complexity index is 736. The van der Waals surface area contributed by atoms with Gasteiger partial charge in [0.05, 0.1) is 11.6 Å². The molecule has 1 atom stereocenters. The second-order valence-corrected chi connectivity index (χ2v) is 8.54. The lowest BCUT2D eigenvalue weighted by Gasteiger charge is -2.29. The predicted molar refractivity (Wildman–Crippen MR) is 102 cm³/mol. The minimum atomic E-state index is -0.349. The van der Waals surface area contributed by atoms with Crippen molar-refractivity contribution >= 4 is 22.9 Å². The Hall–Kier alpha value is -1.21.